The van der Waals surface area contributed by atoms with E-state index in [0.717, 1.165) is 16.7 Å². The standard InChI is InChI=1S/C18H21FN2O2/c1-13-5-3-4-6-16(13)17(23-2)12-21-18(22)20-11-14-7-9-15(19)10-8-14/h3-10,17H,11-12H2,1-2H3,(H2,20,21,22)/t17-/m0/s1. The smallest absolute Gasteiger partial charge is 0.315 e. The Morgan fingerprint density at radius 3 is 2.48 bits per heavy atom. The van der Waals surface area contributed by atoms with Crippen molar-refractivity contribution in [3.8, 4) is 0 Å². The molecule has 0 fully saturated rings. The summed E-state index contributed by atoms with van der Waals surface area (Å²) in [7, 11) is 1.62. The third-order valence-corrected chi connectivity index (χ3v) is 3.63. The Hall–Kier alpha value is -2.40. The number of rotatable bonds is 6. The molecule has 2 aromatic rings. The van der Waals surface area contributed by atoms with Crippen molar-refractivity contribution in [2.75, 3.05) is 13.7 Å². The van der Waals surface area contributed by atoms with Crippen LogP contribution in [0.15, 0.2) is 48.5 Å². The van der Waals surface area contributed by atoms with E-state index in [1.807, 2.05) is 31.2 Å². The first-order chi connectivity index (χ1) is 11.1. The number of nitrogens with one attached hydrogen (secondary N) is 2. The SMILES string of the molecule is CO[C@@H](CNC(=O)NCc1ccc(F)cc1)c1ccccc1C. The van der Waals surface area contributed by atoms with Crippen LogP contribution in [0.1, 0.15) is 22.8 Å². The maximum atomic E-state index is 12.8. The number of hydrogen-bond donors (Lipinski definition) is 2. The summed E-state index contributed by atoms with van der Waals surface area (Å²) in [6.45, 7) is 2.72. The number of benzene rings is 2. The summed E-state index contributed by atoms with van der Waals surface area (Å²) in [5.41, 5.74) is 3.01. The van der Waals surface area contributed by atoms with Gasteiger partial charge in [0.05, 0.1) is 6.10 Å². The van der Waals surface area contributed by atoms with E-state index in [2.05, 4.69) is 10.6 Å². The van der Waals surface area contributed by atoms with Gasteiger partial charge in [-0.1, -0.05) is 36.4 Å². The molecule has 2 rings (SSSR count). The zero-order valence-electron chi connectivity index (χ0n) is 13.3. The predicted octanol–water partition coefficient (Wildman–Crippen LogP) is 3.32. The third kappa shape index (κ3) is 5.07. The second-order valence-electron chi connectivity index (χ2n) is 5.27. The summed E-state index contributed by atoms with van der Waals surface area (Å²) in [6.07, 6.45) is -0.201. The summed E-state index contributed by atoms with van der Waals surface area (Å²) in [6, 6.07) is 13.6. The van der Waals surface area contributed by atoms with E-state index >= 15 is 0 Å². The molecule has 0 radical (unpaired) electrons. The van der Waals surface area contributed by atoms with E-state index in [4.69, 9.17) is 4.74 Å². The van der Waals surface area contributed by atoms with Crippen molar-refractivity contribution in [3.63, 3.8) is 0 Å². The summed E-state index contributed by atoms with van der Waals surface area (Å²) >= 11 is 0. The predicted molar refractivity (Wildman–Crippen MR) is 87.6 cm³/mol. The van der Waals surface area contributed by atoms with E-state index in [9.17, 15) is 9.18 Å². The molecule has 0 heterocycles. The summed E-state index contributed by atoms with van der Waals surface area (Å²) in [5, 5.41) is 5.53. The largest absolute Gasteiger partial charge is 0.375 e. The van der Waals surface area contributed by atoms with Gasteiger partial charge in [-0.2, -0.15) is 0 Å². The van der Waals surface area contributed by atoms with Crippen LogP contribution >= 0.6 is 0 Å². The molecule has 2 amide bonds. The number of halogens is 1. The van der Waals surface area contributed by atoms with Crippen LogP contribution in [0, 0.1) is 12.7 Å². The molecule has 0 aromatic heterocycles. The number of carbonyl (C=O) groups is 1. The summed E-state index contributed by atoms with van der Waals surface area (Å²) < 4.78 is 18.3. The maximum absolute atomic E-state index is 12.8. The van der Waals surface area contributed by atoms with Gasteiger partial charge in [0.2, 0.25) is 0 Å². The lowest BCUT2D eigenvalue weighted by molar-refractivity contribution is 0.103. The Morgan fingerprint density at radius 1 is 1.13 bits per heavy atom. The Labute approximate surface area is 135 Å². The maximum Gasteiger partial charge on any atom is 0.315 e. The Balaban J connectivity index is 1.83. The van der Waals surface area contributed by atoms with Gasteiger partial charge < -0.3 is 15.4 Å². The lowest BCUT2D eigenvalue weighted by Crippen LogP contribution is -2.37. The number of ether oxygens (including phenoxy) is 1. The molecule has 23 heavy (non-hydrogen) atoms. The van der Waals surface area contributed by atoms with Crippen LogP contribution in [0.3, 0.4) is 0 Å². The molecule has 0 saturated heterocycles. The number of methoxy groups -OCH3 is 1. The Morgan fingerprint density at radius 2 is 1.83 bits per heavy atom. The van der Waals surface area contributed by atoms with Crippen LogP contribution in [0.5, 0.6) is 0 Å². The molecule has 1 atom stereocenters. The van der Waals surface area contributed by atoms with E-state index < -0.39 is 0 Å². The molecule has 2 aromatic carbocycles. The molecule has 0 spiro atoms. The monoisotopic (exact) mass is 316 g/mol. The number of amides is 2. The van der Waals surface area contributed by atoms with Crippen molar-refractivity contribution in [2.24, 2.45) is 0 Å². The lowest BCUT2D eigenvalue weighted by Gasteiger charge is -2.18. The van der Waals surface area contributed by atoms with Crippen molar-refractivity contribution in [1.82, 2.24) is 10.6 Å². The van der Waals surface area contributed by atoms with Gasteiger partial charge in [-0.3, -0.25) is 0 Å². The number of hydrogen-bond acceptors (Lipinski definition) is 2. The first-order valence-corrected chi connectivity index (χ1v) is 7.44. The second kappa shape index (κ2) is 8.29. The minimum Gasteiger partial charge on any atom is -0.375 e. The van der Waals surface area contributed by atoms with Gasteiger partial charge in [0, 0.05) is 20.2 Å². The minimum atomic E-state index is -0.292. The van der Waals surface area contributed by atoms with Crippen molar-refractivity contribution in [2.45, 2.75) is 19.6 Å². The van der Waals surface area contributed by atoms with E-state index in [0.29, 0.717) is 13.1 Å². The highest BCUT2D eigenvalue weighted by atomic mass is 19.1. The fraction of sp³-hybridized carbons (Fsp3) is 0.278. The average molecular weight is 316 g/mol. The fourth-order valence-electron chi connectivity index (χ4n) is 2.30. The fourth-order valence-corrected chi connectivity index (χ4v) is 2.30. The molecule has 0 aliphatic rings. The van der Waals surface area contributed by atoms with Crippen LogP contribution < -0.4 is 10.6 Å². The topological polar surface area (TPSA) is 50.4 Å². The average Bonchev–Trinajstić information content (AvgIpc) is 2.56. The summed E-state index contributed by atoms with van der Waals surface area (Å²) in [4.78, 5) is 11.9. The molecule has 0 aliphatic heterocycles. The first-order valence-electron chi connectivity index (χ1n) is 7.44. The van der Waals surface area contributed by atoms with Gasteiger partial charge in [-0.05, 0) is 35.7 Å². The molecule has 0 saturated carbocycles. The Kier molecular flexibility index (Phi) is 6.11. The molecule has 2 N–H and O–H groups in total. The molecular formula is C18H21FN2O2. The van der Waals surface area contributed by atoms with Crippen LogP contribution in [0.2, 0.25) is 0 Å². The number of urea groups is 1. The zero-order valence-corrected chi connectivity index (χ0v) is 13.3. The van der Waals surface area contributed by atoms with Gasteiger partial charge in [0.15, 0.2) is 0 Å². The number of aryl methyl sites for hydroxylation is 1. The van der Waals surface area contributed by atoms with Gasteiger partial charge in [-0.15, -0.1) is 0 Å². The van der Waals surface area contributed by atoms with Crippen LogP contribution in [0.4, 0.5) is 9.18 Å². The molecule has 0 unspecified atom stereocenters. The highest BCUT2D eigenvalue weighted by Crippen LogP contribution is 2.19. The minimum absolute atomic E-state index is 0.201. The van der Waals surface area contributed by atoms with Gasteiger partial charge in [0.1, 0.15) is 5.82 Å². The van der Waals surface area contributed by atoms with Crippen molar-refractivity contribution < 1.29 is 13.9 Å². The van der Waals surface area contributed by atoms with Gasteiger partial charge in [0.25, 0.3) is 0 Å². The van der Waals surface area contributed by atoms with Gasteiger partial charge in [-0.25, -0.2) is 9.18 Å². The zero-order chi connectivity index (χ0) is 16.7. The highest BCUT2D eigenvalue weighted by Gasteiger charge is 2.13. The van der Waals surface area contributed by atoms with Gasteiger partial charge >= 0.3 is 6.03 Å². The Bertz CT molecular complexity index is 644. The normalized spacial score (nSPS) is 11.8. The van der Waals surface area contributed by atoms with Crippen LogP contribution in [-0.4, -0.2) is 19.7 Å². The third-order valence-electron chi connectivity index (χ3n) is 3.63. The quantitative estimate of drug-likeness (QED) is 0.859. The second-order valence-corrected chi connectivity index (χ2v) is 5.27. The van der Waals surface area contributed by atoms with Crippen molar-refractivity contribution >= 4 is 6.03 Å². The molecule has 5 heteroatoms. The molecule has 0 aliphatic carbocycles. The molecule has 4 nitrogen and oxygen atoms in total. The van der Waals surface area contributed by atoms with Crippen LogP contribution in [-0.2, 0) is 11.3 Å². The van der Waals surface area contributed by atoms with E-state index in [-0.39, 0.29) is 18.0 Å². The molecule has 122 valence electrons. The molecular weight excluding hydrogens is 295 g/mol. The highest BCUT2D eigenvalue weighted by molar-refractivity contribution is 5.73. The lowest BCUT2D eigenvalue weighted by atomic mass is 10.0. The van der Waals surface area contributed by atoms with E-state index in [1.54, 1.807) is 19.2 Å². The summed E-state index contributed by atoms with van der Waals surface area (Å²) in [5.74, 6) is -0.292. The van der Waals surface area contributed by atoms with Crippen molar-refractivity contribution in [1.29, 1.82) is 0 Å². The number of carbonyl (C=O) groups excluding carboxylic acids is 1. The van der Waals surface area contributed by atoms with Crippen molar-refractivity contribution in [3.05, 3.63) is 71.0 Å². The first kappa shape index (κ1) is 17.0. The van der Waals surface area contributed by atoms with E-state index in [1.165, 1.54) is 12.1 Å². The molecule has 0 bridgehead atoms. The van der Waals surface area contributed by atoms with Crippen LogP contribution in [0.25, 0.3) is 0 Å².